The van der Waals surface area contributed by atoms with Crippen molar-refractivity contribution in [1.29, 1.82) is 0 Å². The number of hydrogen-bond donors (Lipinski definition) is 0. The topological polar surface area (TPSA) is 57.2 Å². The highest BCUT2D eigenvalue weighted by Crippen LogP contribution is 2.36. The summed E-state index contributed by atoms with van der Waals surface area (Å²) in [5, 5.41) is 0. The van der Waals surface area contributed by atoms with Gasteiger partial charge >= 0.3 is 0 Å². The molecule has 4 aliphatic rings. The third-order valence-corrected chi connectivity index (χ3v) is 5.87. The molecule has 1 aliphatic carbocycles. The first kappa shape index (κ1) is 17.6. The molecule has 6 nitrogen and oxygen atoms in total. The molecule has 6 rings (SSSR count). The molecule has 0 spiro atoms. The number of likely N-dealkylation sites (tertiary alicyclic amines) is 1. The van der Waals surface area contributed by atoms with Crippen LogP contribution in [-0.4, -0.2) is 43.4 Å². The van der Waals surface area contributed by atoms with Gasteiger partial charge in [-0.25, -0.2) is 0 Å². The molecule has 2 aromatic rings. The second kappa shape index (κ2) is 6.92. The average molecular weight is 403 g/mol. The Morgan fingerprint density at radius 3 is 1.73 bits per heavy atom. The van der Waals surface area contributed by atoms with Crippen LogP contribution in [0.2, 0.25) is 0 Å². The molecule has 1 saturated carbocycles. The van der Waals surface area contributed by atoms with Gasteiger partial charge in [-0.15, -0.1) is 0 Å². The van der Waals surface area contributed by atoms with E-state index in [2.05, 4.69) is 4.90 Å². The van der Waals surface area contributed by atoms with Crippen molar-refractivity contribution in [2.24, 2.45) is 0 Å². The van der Waals surface area contributed by atoms with Gasteiger partial charge in [0.05, 0.1) is 0 Å². The van der Waals surface area contributed by atoms with E-state index in [0.29, 0.717) is 19.1 Å². The minimum Gasteiger partial charge on any atom is -0.454 e. The molecule has 0 unspecified atom stereocenters. The number of ether oxygens (including phenoxy) is 4. The maximum absolute atomic E-state index is 13.3. The summed E-state index contributed by atoms with van der Waals surface area (Å²) in [6, 6.07) is 12.1. The number of ketones is 1. The molecule has 0 aromatic heterocycles. The zero-order chi connectivity index (χ0) is 20.1. The Bertz CT molecular complexity index is 1020. The van der Waals surface area contributed by atoms with Gasteiger partial charge in [0.2, 0.25) is 13.6 Å². The second-order valence-electron chi connectivity index (χ2n) is 8.03. The van der Waals surface area contributed by atoms with Gasteiger partial charge in [-0.1, -0.05) is 12.1 Å². The number of rotatable bonds is 3. The summed E-state index contributed by atoms with van der Waals surface area (Å²) >= 11 is 0. The summed E-state index contributed by atoms with van der Waals surface area (Å²) in [4.78, 5) is 15.7. The molecule has 1 saturated heterocycles. The highest BCUT2D eigenvalue weighted by Gasteiger charge is 2.35. The number of benzene rings is 2. The molecule has 2 fully saturated rings. The summed E-state index contributed by atoms with van der Waals surface area (Å²) in [6.07, 6.45) is 6.35. The third-order valence-electron chi connectivity index (χ3n) is 5.87. The van der Waals surface area contributed by atoms with Crippen molar-refractivity contribution in [3.63, 3.8) is 0 Å². The van der Waals surface area contributed by atoms with E-state index in [1.807, 2.05) is 48.6 Å². The lowest BCUT2D eigenvalue weighted by atomic mass is 9.94. The smallest absolute Gasteiger partial charge is 0.231 e. The van der Waals surface area contributed by atoms with E-state index in [4.69, 9.17) is 18.9 Å². The molecule has 3 aliphatic heterocycles. The molecule has 0 N–H and O–H groups in total. The zero-order valence-electron chi connectivity index (χ0n) is 16.4. The molecule has 30 heavy (non-hydrogen) atoms. The highest BCUT2D eigenvalue weighted by atomic mass is 16.7. The lowest BCUT2D eigenvalue weighted by Crippen LogP contribution is -2.39. The lowest BCUT2D eigenvalue weighted by Gasteiger charge is -2.29. The van der Waals surface area contributed by atoms with Crippen LogP contribution in [0.25, 0.3) is 12.2 Å². The minimum absolute atomic E-state index is 0.0993. The fourth-order valence-electron chi connectivity index (χ4n) is 4.17. The fourth-order valence-corrected chi connectivity index (χ4v) is 4.17. The number of piperidine rings is 1. The van der Waals surface area contributed by atoms with Gasteiger partial charge in [-0.05, 0) is 60.4 Å². The first-order chi connectivity index (χ1) is 14.7. The Balaban J connectivity index is 1.34. The van der Waals surface area contributed by atoms with Crippen molar-refractivity contribution in [2.75, 3.05) is 26.7 Å². The summed E-state index contributed by atoms with van der Waals surface area (Å²) in [7, 11) is 0. The van der Waals surface area contributed by atoms with E-state index in [9.17, 15) is 4.79 Å². The highest BCUT2D eigenvalue weighted by molar-refractivity contribution is 6.14. The van der Waals surface area contributed by atoms with Crippen LogP contribution >= 0.6 is 0 Å². The molecule has 0 amide bonds. The molecule has 152 valence electrons. The Labute approximate surface area is 174 Å². The molecular formula is C24H21NO5. The average Bonchev–Trinajstić information content (AvgIpc) is 3.31. The number of carbonyl (C=O) groups is 1. The van der Waals surface area contributed by atoms with Crippen molar-refractivity contribution < 1.29 is 23.7 Å². The van der Waals surface area contributed by atoms with Crippen molar-refractivity contribution >= 4 is 17.9 Å². The molecule has 6 heteroatoms. The molecule has 2 aromatic carbocycles. The molecule has 3 heterocycles. The molecular weight excluding hydrogens is 382 g/mol. The second-order valence-corrected chi connectivity index (χ2v) is 8.03. The van der Waals surface area contributed by atoms with Crippen LogP contribution in [0.15, 0.2) is 47.5 Å². The largest absolute Gasteiger partial charge is 0.454 e. The van der Waals surface area contributed by atoms with E-state index >= 15 is 0 Å². The Hall–Kier alpha value is -3.25. The molecule has 0 bridgehead atoms. The van der Waals surface area contributed by atoms with Crippen molar-refractivity contribution in [3.8, 4) is 23.0 Å². The maximum atomic E-state index is 13.3. The zero-order valence-corrected chi connectivity index (χ0v) is 16.4. The normalized spacial score (nSPS) is 22.9. The summed E-state index contributed by atoms with van der Waals surface area (Å²) in [5.41, 5.74) is 3.50. The predicted molar refractivity (Wildman–Crippen MR) is 111 cm³/mol. The van der Waals surface area contributed by atoms with Gasteiger partial charge in [0.15, 0.2) is 28.8 Å². The maximum Gasteiger partial charge on any atom is 0.231 e. The first-order valence-electron chi connectivity index (χ1n) is 10.2. The number of hydrogen-bond acceptors (Lipinski definition) is 6. The summed E-state index contributed by atoms with van der Waals surface area (Å²) < 4.78 is 21.7. The van der Waals surface area contributed by atoms with Gasteiger partial charge < -0.3 is 18.9 Å². The lowest BCUT2D eigenvalue weighted by molar-refractivity contribution is -0.113. The van der Waals surface area contributed by atoms with E-state index in [0.717, 1.165) is 45.3 Å². The van der Waals surface area contributed by atoms with Crippen LogP contribution in [0.4, 0.5) is 0 Å². The van der Waals surface area contributed by atoms with Crippen LogP contribution in [0.3, 0.4) is 0 Å². The van der Waals surface area contributed by atoms with Gasteiger partial charge in [0.1, 0.15) is 0 Å². The third kappa shape index (κ3) is 3.23. The van der Waals surface area contributed by atoms with Gasteiger partial charge in [-0.2, -0.15) is 0 Å². The number of nitrogens with zero attached hydrogens (tertiary/aromatic N) is 1. The quantitative estimate of drug-likeness (QED) is 0.729. The van der Waals surface area contributed by atoms with Crippen LogP contribution in [0, 0.1) is 0 Å². The van der Waals surface area contributed by atoms with Gasteiger partial charge in [0, 0.05) is 30.3 Å². The number of carbonyl (C=O) groups excluding carboxylic acids is 1. The number of fused-ring (bicyclic) bond motifs is 2. The monoisotopic (exact) mass is 403 g/mol. The summed E-state index contributed by atoms with van der Waals surface area (Å²) in [5.74, 6) is 3.04. The predicted octanol–water partition coefficient (Wildman–Crippen LogP) is 3.66. The van der Waals surface area contributed by atoms with E-state index in [1.54, 1.807) is 0 Å². The van der Waals surface area contributed by atoms with Crippen molar-refractivity contribution in [2.45, 2.75) is 18.9 Å². The molecule has 0 radical (unpaired) electrons. The Morgan fingerprint density at radius 1 is 0.733 bits per heavy atom. The van der Waals surface area contributed by atoms with Crippen LogP contribution < -0.4 is 18.9 Å². The standard InChI is InChI=1S/C24H21NO5/c26-24-17(7-15-1-5-20-22(9-15)29-13-27-20)11-25(19-3-4-19)12-18(24)8-16-2-6-21-23(10-16)30-14-28-21/h1-2,5-10,19H,3-4,11-14H2/b17-7+,18-8+. The van der Waals surface area contributed by atoms with E-state index in [1.165, 1.54) is 12.8 Å². The van der Waals surface area contributed by atoms with Crippen LogP contribution in [-0.2, 0) is 4.79 Å². The Kier molecular flexibility index (Phi) is 4.06. The first-order valence-corrected chi connectivity index (χ1v) is 10.2. The van der Waals surface area contributed by atoms with Crippen LogP contribution in [0.1, 0.15) is 24.0 Å². The summed E-state index contributed by atoms with van der Waals surface area (Å²) in [6.45, 7) is 1.84. The van der Waals surface area contributed by atoms with Crippen molar-refractivity contribution in [1.82, 2.24) is 4.90 Å². The van der Waals surface area contributed by atoms with E-state index in [-0.39, 0.29) is 19.4 Å². The fraction of sp³-hybridized carbons (Fsp3) is 0.292. The molecule has 0 atom stereocenters. The van der Waals surface area contributed by atoms with Gasteiger partial charge in [-0.3, -0.25) is 9.69 Å². The number of Topliss-reactive ketones (excluding diaryl/α,β-unsaturated/α-hetero) is 1. The minimum atomic E-state index is 0.0993. The van der Waals surface area contributed by atoms with Crippen LogP contribution in [0.5, 0.6) is 23.0 Å². The van der Waals surface area contributed by atoms with Crippen molar-refractivity contribution in [3.05, 3.63) is 58.7 Å². The SMILES string of the molecule is O=C1/C(=C/c2ccc3c(c2)OCO3)CN(C2CC2)C/C1=C\c1ccc2c(c1)OCO2. The van der Waals surface area contributed by atoms with E-state index < -0.39 is 0 Å². The Morgan fingerprint density at radius 2 is 1.23 bits per heavy atom. The van der Waals surface area contributed by atoms with Gasteiger partial charge in [0.25, 0.3) is 0 Å².